The SMILES string of the molecule is CCCc1cccc(-c2nc(-c3cc(CCC(=O)C(C)(C)C(F)(F)F)c(C)cc3Cl)[nH]c(=O)n2)c1. The average molecular weight is 506 g/mol. The van der Waals surface area contributed by atoms with E-state index in [0.717, 1.165) is 37.8 Å². The van der Waals surface area contributed by atoms with Crippen molar-refractivity contribution in [1.82, 2.24) is 15.0 Å². The zero-order valence-corrected chi connectivity index (χ0v) is 20.8. The Balaban J connectivity index is 1.96. The molecule has 0 aliphatic carbocycles. The number of aromatic amines is 1. The summed E-state index contributed by atoms with van der Waals surface area (Å²) in [6.45, 7) is 5.61. The van der Waals surface area contributed by atoms with E-state index in [9.17, 15) is 22.8 Å². The highest BCUT2D eigenvalue weighted by atomic mass is 35.5. The number of rotatable bonds is 8. The number of halogens is 4. The molecule has 0 atom stereocenters. The molecule has 3 rings (SSSR count). The van der Waals surface area contributed by atoms with Gasteiger partial charge in [-0.25, -0.2) is 9.78 Å². The smallest absolute Gasteiger partial charge is 0.299 e. The van der Waals surface area contributed by atoms with Gasteiger partial charge in [0, 0.05) is 17.5 Å². The molecule has 0 spiro atoms. The third-order valence-corrected chi connectivity index (χ3v) is 6.39. The number of hydrogen-bond acceptors (Lipinski definition) is 4. The van der Waals surface area contributed by atoms with E-state index in [1.807, 2.05) is 24.3 Å². The van der Waals surface area contributed by atoms with Crippen LogP contribution in [0.1, 0.15) is 50.3 Å². The molecule has 0 unspecified atom stereocenters. The van der Waals surface area contributed by atoms with Crippen LogP contribution >= 0.6 is 11.6 Å². The quantitative estimate of drug-likeness (QED) is 0.379. The maximum atomic E-state index is 13.2. The standard InChI is InChI=1S/C26H27ClF3N3O2/c1-5-7-16-8-6-9-18(13-16)22-31-23(33-24(35)32-22)19-14-17(15(2)12-20(19)27)10-11-21(34)25(3,4)26(28,29)30/h6,8-9,12-14H,5,7,10-11H2,1-4H3,(H,31,32,33,35). The maximum Gasteiger partial charge on any atom is 0.400 e. The molecule has 1 aromatic heterocycles. The van der Waals surface area contributed by atoms with Crippen molar-refractivity contribution in [3.05, 3.63) is 68.6 Å². The van der Waals surface area contributed by atoms with E-state index in [2.05, 4.69) is 21.9 Å². The van der Waals surface area contributed by atoms with Crippen LogP contribution in [-0.4, -0.2) is 26.9 Å². The first-order valence-corrected chi connectivity index (χ1v) is 11.7. The van der Waals surface area contributed by atoms with Crippen LogP contribution in [-0.2, 0) is 17.6 Å². The van der Waals surface area contributed by atoms with E-state index in [1.165, 1.54) is 0 Å². The summed E-state index contributed by atoms with van der Waals surface area (Å²) in [5, 5.41) is 0.313. The minimum Gasteiger partial charge on any atom is -0.299 e. The highest BCUT2D eigenvalue weighted by Crippen LogP contribution is 2.39. The Morgan fingerprint density at radius 3 is 2.46 bits per heavy atom. The summed E-state index contributed by atoms with van der Waals surface area (Å²) in [5.74, 6) is -0.471. The van der Waals surface area contributed by atoms with Gasteiger partial charge < -0.3 is 0 Å². The second kappa shape index (κ2) is 10.3. The van der Waals surface area contributed by atoms with Gasteiger partial charge in [0.2, 0.25) is 0 Å². The average Bonchev–Trinajstić information content (AvgIpc) is 2.77. The van der Waals surface area contributed by atoms with Gasteiger partial charge >= 0.3 is 11.9 Å². The molecule has 186 valence electrons. The number of benzene rings is 2. The number of nitrogens with zero attached hydrogens (tertiary/aromatic N) is 2. The zero-order chi connectivity index (χ0) is 26.0. The summed E-state index contributed by atoms with van der Waals surface area (Å²) in [5.41, 5.74) is 0.507. The lowest BCUT2D eigenvalue weighted by Crippen LogP contribution is -2.39. The van der Waals surface area contributed by atoms with Crippen molar-refractivity contribution in [3.8, 4) is 22.8 Å². The van der Waals surface area contributed by atoms with Crippen molar-refractivity contribution < 1.29 is 18.0 Å². The third kappa shape index (κ3) is 5.99. The van der Waals surface area contributed by atoms with Crippen LogP contribution in [0.3, 0.4) is 0 Å². The molecule has 0 saturated heterocycles. The Morgan fingerprint density at radius 1 is 1.09 bits per heavy atom. The van der Waals surface area contributed by atoms with Gasteiger partial charge in [0.25, 0.3) is 0 Å². The van der Waals surface area contributed by atoms with Crippen molar-refractivity contribution in [3.63, 3.8) is 0 Å². The van der Waals surface area contributed by atoms with Crippen molar-refractivity contribution in [2.45, 2.75) is 59.6 Å². The lowest BCUT2D eigenvalue weighted by atomic mass is 9.84. The summed E-state index contributed by atoms with van der Waals surface area (Å²) in [4.78, 5) is 35.8. The molecule has 2 aromatic carbocycles. The number of hydrogen-bond donors (Lipinski definition) is 1. The Morgan fingerprint density at radius 2 is 1.80 bits per heavy atom. The minimum atomic E-state index is -4.63. The van der Waals surface area contributed by atoms with E-state index >= 15 is 0 Å². The number of carbonyl (C=O) groups excluding carboxylic acids is 1. The minimum absolute atomic E-state index is 0.0928. The van der Waals surface area contributed by atoms with Crippen molar-refractivity contribution in [1.29, 1.82) is 0 Å². The first-order chi connectivity index (χ1) is 16.3. The van der Waals surface area contributed by atoms with Gasteiger partial charge in [-0.05, 0) is 68.5 Å². The van der Waals surface area contributed by atoms with Gasteiger partial charge in [0.15, 0.2) is 5.82 Å². The molecule has 9 heteroatoms. The summed E-state index contributed by atoms with van der Waals surface area (Å²) < 4.78 is 39.7. The number of nitrogens with one attached hydrogen (secondary N) is 1. The van der Waals surface area contributed by atoms with Crippen molar-refractivity contribution in [2.24, 2.45) is 5.41 Å². The fourth-order valence-electron chi connectivity index (χ4n) is 3.68. The fraction of sp³-hybridized carbons (Fsp3) is 0.385. The number of aryl methyl sites for hydroxylation is 3. The first-order valence-electron chi connectivity index (χ1n) is 11.3. The number of carbonyl (C=O) groups is 1. The molecule has 0 radical (unpaired) electrons. The second-order valence-corrected chi connectivity index (χ2v) is 9.49. The summed E-state index contributed by atoms with van der Waals surface area (Å²) in [6.07, 6.45) is -2.98. The number of Topliss-reactive ketones (excluding diaryl/α,β-unsaturated/α-hetero) is 1. The van der Waals surface area contributed by atoms with E-state index in [0.29, 0.717) is 21.7 Å². The molecule has 1 heterocycles. The van der Waals surface area contributed by atoms with Gasteiger partial charge in [0.1, 0.15) is 17.0 Å². The predicted octanol–water partition coefficient (Wildman–Crippen LogP) is 6.50. The topological polar surface area (TPSA) is 75.7 Å². The van der Waals surface area contributed by atoms with E-state index in [1.54, 1.807) is 19.1 Å². The van der Waals surface area contributed by atoms with Gasteiger partial charge in [-0.1, -0.05) is 43.1 Å². The molecular weight excluding hydrogens is 479 g/mol. The Kier molecular flexibility index (Phi) is 7.84. The number of H-pyrrole nitrogens is 1. The second-order valence-electron chi connectivity index (χ2n) is 9.08. The predicted molar refractivity (Wildman–Crippen MR) is 130 cm³/mol. The van der Waals surface area contributed by atoms with Gasteiger partial charge in [-0.15, -0.1) is 0 Å². The molecule has 0 aliphatic heterocycles. The molecule has 1 N–H and O–H groups in total. The van der Waals surface area contributed by atoms with Gasteiger partial charge in [-0.3, -0.25) is 9.78 Å². The van der Waals surface area contributed by atoms with Crippen LogP contribution in [0.2, 0.25) is 5.02 Å². The lowest BCUT2D eigenvalue weighted by Gasteiger charge is -2.26. The molecule has 0 amide bonds. The Hall–Kier alpha value is -3.00. The zero-order valence-electron chi connectivity index (χ0n) is 20.0. The number of aromatic nitrogens is 3. The monoisotopic (exact) mass is 505 g/mol. The Bertz CT molecular complexity index is 1300. The summed E-state index contributed by atoms with van der Waals surface area (Å²) in [6, 6.07) is 10.9. The molecule has 0 saturated carbocycles. The van der Waals surface area contributed by atoms with E-state index < -0.39 is 23.1 Å². The molecule has 35 heavy (non-hydrogen) atoms. The lowest BCUT2D eigenvalue weighted by molar-refractivity contribution is -0.210. The van der Waals surface area contributed by atoms with Crippen LogP contribution in [0.5, 0.6) is 0 Å². The highest BCUT2D eigenvalue weighted by Gasteiger charge is 2.51. The molecule has 0 bridgehead atoms. The molecule has 3 aromatic rings. The number of alkyl halides is 3. The molecule has 0 fully saturated rings. The first kappa shape index (κ1) is 26.6. The van der Waals surface area contributed by atoms with E-state index in [-0.39, 0.29) is 24.5 Å². The van der Waals surface area contributed by atoms with Gasteiger partial charge in [0.05, 0.1) is 5.02 Å². The number of ketones is 1. The third-order valence-electron chi connectivity index (χ3n) is 6.08. The van der Waals surface area contributed by atoms with Crippen LogP contribution in [0.25, 0.3) is 22.8 Å². The Labute approximate surface area is 206 Å². The molecule has 0 aliphatic rings. The van der Waals surface area contributed by atoms with Crippen molar-refractivity contribution >= 4 is 17.4 Å². The maximum absolute atomic E-state index is 13.2. The summed E-state index contributed by atoms with van der Waals surface area (Å²) >= 11 is 6.45. The normalized spacial score (nSPS) is 12.1. The molecule has 5 nitrogen and oxygen atoms in total. The van der Waals surface area contributed by atoms with Crippen LogP contribution in [0.4, 0.5) is 13.2 Å². The van der Waals surface area contributed by atoms with Gasteiger partial charge in [-0.2, -0.15) is 18.2 Å². The van der Waals surface area contributed by atoms with E-state index in [4.69, 9.17) is 11.6 Å². The highest BCUT2D eigenvalue weighted by molar-refractivity contribution is 6.33. The van der Waals surface area contributed by atoms with Crippen LogP contribution in [0.15, 0.2) is 41.2 Å². The van der Waals surface area contributed by atoms with Crippen LogP contribution in [0, 0.1) is 12.3 Å². The largest absolute Gasteiger partial charge is 0.400 e. The van der Waals surface area contributed by atoms with Crippen LogP contribution < -0.4 is 5.69 Å². The molecular formula is C26H27ClF3N3O2. The fourth-order valence-corrected chi connectivity index (χ4v) is 3.99. The van der Waals surface area contributed by atoms with Crippen molar-refractivity contribution in [2.75, 3.05) is 0 Å². The summed E-state index contributed by atoms with van der Waals surface area (Å²) in [7, 11) is 0.